The third-order valence-corrected chi connectivity index (χ3v) is 4.49. The van der Waals surface area contributed by atoms with Crippen LogP contribution < -0.4 is 10.2 Å². The minimum Gasteiger partial charge on any atom is -0.505 e. The number of phenols is 1. The highest BCUT2D eigenvalue weighted by atomic mass is 16.5. The molecule has 2 heterocycles. The van der Waals surface area contributed by atoms with E-state index in [2.05, 4.69) is 15.2 Å². The lowest BCUT2D eigenvalue weighted by molar-refractivity contribution is 0.102. The van der Waals surface area contributed by atoms with Gasteiger partial charge in [-0.25, -0.2) is 0 Å². The van der Waals surface area contributed by atoms with Crippen molar-refractivity contribution in [1.29, 1.82) is 0 Å². The lowest BCUT2D eigenvalue weighted by atomic mass is 10.1. The highest BCUT2D eigenvalue weighted by Crippen LogP contribution is 2.27. The molecule has 1 aliphatic heterocycles. The third kappa shape index (κ3) is 3.19. The average Bonchev–Trinajstić information content (AvgIpc) is 2.69. The highest BCUT2D eigenvalue weighted by Gasteiger charge is 2.15. The normalized spacial score (nSPS) is 14.4. The van der Waals surface area contributed by atoms with Gasteiger partial charge in [0.15, 0.2) is 5.75 Å². The van der Waals surface area contributed by atoms with Gasteiger partial charge in [-0.3, -0.25) is 9.78 Å². The number of aromatic hydroxyl groups is 1. The molecule has 0 bridgehead atoms. The van der Waals surface area contributed by atoms with Crippen molar-refractivity contribution in [1.82, 2.24) is 4.98 Å². The van der Waals surface area contributed by atoms with Gasteiger partial charge in [-0.2, -0.15) is 0 Å². The Bertz CT molecular complexity index is 935. The van der Waals surface area contributed by atoms with Crippen molar-refractivity contribution in [2.45, 2.75) is 0 Å². The van der Waals surface area contributed by atoms with Crippen LogP contribution in [0.25, 0.3) is 10.9 Å². The molecule has 1 aromatic heterocycles. The number of pyridine rings is 1. The van der Waals surface area contributed by atoms with Gasteiger partial charge in [0.25, 0.3) is 5.91 Å². The Labute approximate surface area is 151 Å². The van der Waals surface area contributed by atoms with E-state index in [1.807, 2.05) is 30.3 Å². The second-order valence-electron chi connectivity index (χ2n) is 6.14. The first-order valence-electron chi connectivity index (χ1n) is 8.53. The van der Waals surface area contributed by atoms with Crippen molar-refractivity contribution in [2.24, 2.45) is 0 Å². The summed E-state index contributed by atoms with van der Waals surface area (Å²) >= 11 is 0. The fourth-order valence-electron chi connectivity index (χ4n) is 3.09. The maximum atomic E-state index is 12.5. The number of fused-ring (bicyclic) bond motifs is 1. The molecule has 0 saturated carbocycles. The Hall–Kier alpha value is -3.12. The molecule has 0 atom stereocenters. The highest BCUT2D eigenvalue weighted by molar-refractivity contribution is 6.09. The first-order chi connectivity index (χ1) is 12.7. The maximum Gasteiger partial charge on any atom is 0.259 e. The molecule has 0 aliphatic carbocycles. The molecule has 0 radical (unpaired) electrons. The summed E-state index contributed by atoms with van der Waals surface area (Å²) in [4.78, 5) is 18.9. The maximum absolute atomic E-state index is 12.5. The first-order valence-corrected chi connectivity index (χ1v) is 8.53. The molecule has 1 saturated heterocycles. The number of morpholine rings is 1. The van der Waals surface area contributed by atoms with Gasteiger partial charge in [-0.1, -0.05) is 12.1 Å². The van der Waals surface area contributed by atoms with Crippen molar-refractivity contribution in [3.63, 3.8) is 0 Å². The SMILES string of the molecule is O=C(Nc1ccc(N2CCOCC2)cc1)c1ccc2cccnc2c1O. The van der Waals surface area contributed by atoms with Crippen molar-refractivity contribution in [3.05, 3.63) is 60.3 Å². The van der Waals surface area contributed by atoms with Gasteiger partial charge in [0.05, 0.1) is 18.8 Å². The molecule has 3 aromatic rings. The van der Waals surface area contributed by atoms with E-state index in [9.17, 15) is 9.90 Å². The number of carbonyl (C=O) groups is 1. The van der Waals surface area contributed by atoms with Crippen LogP contribution in [0, 0.1) is 0 Å². The van der Waals surface area contributed by atoms with E-state index < -0.39 is 0 Å². The lowest BCUT2D eigenvalue weighted by Crippen LogP contribution is -2.36. The summed E-state index contributed by atoms with van der Waals surface area (Å²) in [6.45, 7) is 3.19. The monoisotopic (exact) mass is 349 g/mol. The second-order valence-corrected chi connectivity index (χ2v) is 6.14. The molecular weight excluding hydrogens is 330 g/mol. The van der Waals surface area contributed by atoms with Crippen molar-refractivity contribution < 1.29 is 14.6 Å². The Morgan fingerprint density at radius 2 is 1.85 bits per heavy atom. The summed E-state index contributed by atoms with van der Waals surface area (Å²) < 4.78 is 5.36. The molecule has 0 spiro atoms. The van der Waals surface area contributed by atoms with Gasteiger partial charge >= 0.3 is 0 Å². The zero-order valence-corrected chi connectivity index (χ0v) is 14.2. The predicted molar refractivity (Wildman–Crippen MR) is 101 cm³/mol. The average molecular weight is 349 g/mol. The van der Waals surface area contributed by atoms with E-state index in [0.717, 1.165) is 37.4 Å². The van der Waals surface area contributed by atoms with Gasteiger partial charge in [0.1, 0.15) is 5.52 Å². The van der Waals surface area contributed by atoms with Gasteiger partial charge < -0.3 is 20.1 Å². The minimum atomic E-state index is -0.367. The molecule has 6 nitrogen and oxygen atoms in total. The summed E-state index contributed by atoms with van der Waals surface area (Å²) in [5.41, 5.74) is 2.40. The van der Waals surface area contributed by atoms with E-state index in [1.165, 1.54) is 0 Å². The number of rotatable bonds is 3. The quantitative estimate of drug-likeness (QED) is 0.760. The number of hydrogen-bond donors (Lipinski definition) is 2. The van der Waals surface area contributed by atoms with E-state index in [4.69, 9.17) is 4.74 Å². The van der Waals surface area contributed by atoms with Crippen LogP contribution in [0.3, 0.4) is 0 Å². The van der Waals surface area contributed by atoms with Gasteiger partial charge in [-0.15, -0.1) is 0 Å². The number of anilines is 2. The second kappa shape index (κ2) is 7.01. The number of hydrogen-bond acceptors (Lipinski definition) is 5. The number of carbonyl (C=O) groups excluding carboxylic acids is 1. The predicted octanol–water partition coefficient (Wildman–Crippen LogP) is 3.03. The van der Waals surface area contributed by atoms with Crippen LogP contribution in [0.4, 0.5) is 11.4 Å². The smallest absolute Gasteiger partial charge is 0.259 e. The molecule has 6 heteroatoms. The number of phenolic OH excluding ortho intramolecular Hbond substituents is 1. The number of aromatic nitrogens is 1. The van der Waals surface area contributed by atoms with E-state index in [-0.39, 0.29) is 17.2 Å². The van der Waals surface area contributed by atoms with Crippen LogP contribution in [-0.4, -0.2) is 42.3 Å². The van der Waals surface area contributed by atoms with Crippen LogP contribution >= 0.6 is 0 Å². The van der Waals surface area contributed by atoms with Crippen molar-refractivity contribution in [2.75, 3.05) is 36.5 Å². The summed E-state index contributed by atoms with van der Waals surface area (Å²) in [6, 6.07) is 14.7. The van der Waals surface area contributed by atoms with Gasteiger partial charge in [0, 0.05) is 36.0 Å². The molecule has 2 N–H and O–H groups in total. The molecule has 132 valence electrons. The summed E-state index contributed by atoms with van der Waals surface area (Å²) in [6.07, 6.45) is 1.59. The van der Waals surface area contributed by atoms with Crippen LogP contribution in [-0.2, 0) is 4.74 Å². The zero-order chi connectivity index (χ0) is 17.9. The van der Waals surface area contributed by atoms with Crippen LogP contribution in [0.2, 0.25) is 0 Å². The van der Waals surface area contributed by atoms with Gasteiger partial charge in [0.2, 0.25) is 0 Å². The largest absolute Gasteiger partial charge is 0.505 e. The first kappa shape index (κ1) is 16.4. The summed E-state index contributed by atoms with van der Waals surface area (Å²) in [5, 5.41) is 14.0. The minimum absolute atomic E-state index is 0.106. The molecule has 1 aliphatic rings. The Morgan fingerprint density at radius 1 is 1.08 bits per heavy atom. The number of amides is 1. The molecular formula is C20H19N3O3. The van der Waals surface area contributed by atoms with Crippen molar-refractivity contribution >= 4 is 28.2 Å². The molecule has 0 unspecified atom stereocenters. The number of ether oxygens (including phenoxy) is 1. The standard InChI is InChI=1S/C20H19N3O3/c24-19-17(8-3-14-2-1-9-21-18(14)19)20(25)22-15-4-6-16(7-5-15)23-10-12-26-13-11-23/h1-9,24H,10-13H2,(H,22,25). The number of nitrogens with one attached hydrogen (secondary N) is 1. The topological polar surface area (TPSA) is 74.7 Å². The number of benzene rings is 2. The van der Waals surface area contributed by atoms with Gasteiger partial charge in [-0.05, 0) is 36.4 Å². The molecule has 26 heavy (non-hydrogen) atoms. The Morgan fingerprint density at radius 3 is 2.62 bits per heavy atom. The molecule has 1 amide bonds. The Kier molecular flexibility index (Phi) is 4.41. The third-order valence-electron chi connectivity index (χ3n) is 4.49. The molecule has 4 rings (SSSR count). The van der Waals surface area contributed by atoms with Crippen LogP contribution in [0.1, 0.15) is 10.4 Å². The van der Waals surface area contributed by atoms with E-state index in [1.54, 1.807) is 24.4 Å². The zero-order valence-electron chi connectivity index (χ0n) is 14.2. The van der Waals surface area contributed by atoms with Crippen LogP contribution in [0.15, 0.2) is 54.7 Å². The number of nitrogens with zero attached hydrogens (tertiary/aromatic N) is 2. The molecule has 1 fully saturated rings. The molecule has 2 aromatic carbocycles. The fourth-order valence-corrected chi connectivity index (χ4v) is 3.09. The fraction of sp³-hybridized carbons (Fsp3) is 0.200. The van der Waals surface area contributed by atoms with Crippen LogP contribution in [0.5, 0.6) is 5.75 Å². The van der Waals surface area contributed by atoms with Crippen molar-refractivity contribution in [3.8, 4) is 5.75 Å². The van der Waals surface area contributed by atoms with E-state index in [0.29, 0.717) is 11.2 Å². The lowest BCUT2D eigenvalue weighted by Gasteiger charge is -2.28. The summed E-state index contributed by atoms with van der Waals surface area (Å²) in [5.74, 6) is -0.472. The Balaban J connectivity index is 1.52. The van der Waals surface area contributed by atoms with E-state index >= 15 is 0 Å². The summed E-state index contributed by atoms with van der Waals surface area (Å²) in [7, 11) is 0.